The van der Waals surface area contributed by atoms with Crippen molar-refractivity contribution in [3.8, 4) is 50.3 Å². The number of ketones is 1. The SMILES string of the molecule is CC(C)(C)C(=O)C=C(O)C(C)(C)C.CC1(C)c2cc(-c3cc[c-]c(-c4nccc5ccccc45)c3)ccc2-n2c3ccc(-c4ccccc4)cc3c3cc(-c4ccccc4)cc1c32.[Ir]. The molecule has 3 heterocycles. The molecule has 10 rings (SSSR count). The number of hydrogen-bond acceptors (Lipinski definition) is 3. The Bertz CT molecular complexity index is 3230. The quantitative estimate of drug-likeness (QED) is 0.106. The Balaban J connectivity index is 0.000000351. The largest absolute Gasteiger partial charge is 0.512 e. The molecule has 2 aromatic heterocycles. The van der Waals surface area contributed by atoms with Gasteiger partial charge in [-0.1, -0.05) is 152 Å². The molecule has 1 radical (unpaired) electrons. The van der Waals surface area contributed by atoms with E-state index < -0.39 is 5.41 Å². The fraction of sp³-hybridized carbons (Fsp3) is 0.186. The molecule has 1 N–H and O–H groups in total. The fourth-order valence-electron chi connectivity index (χ4n) is 8.71. The molecule has 1 aliphatic heterocycles. The molecule has 4 nitrogen and oxygen atoms in total. The van der Waals surface area contributed by atoms with Gasteiger partial charge < -0.3 is 14.7 Å². The first-order valence-electron chi connectivity index (χ1n) is 21.8. The molecule has 0 fully saturated rings. The predicted octanol–water partition coefficient (Wildman–Crippen LogP) is 15.5. The number of pyridine rings is 1. The molecule has 0 unspecified atom stereocenters. The van der Waals surface area contributed by atoms with Crippen molar-refractivity contribution < 1.29 is 30.0 Å². The Kier molecular flexibility index (Phi) is 11.7. The van der Waals surface area contributed by atoms with Gasteiger partial charge >= 0.3 is 0 Å². The maximum absolute atomic E-state index is 11.5. The van der Waals surface area contributed by atoms with Crippen LogP contribution < -0.4 is 0 Å². The first-order valence-corrected chi connectivity index (χ1v) is 21.8. The zero-order valence-electron chi connectivity index (χ0n) is 37.7. The number of nitrogens with zero attached hydrogens (tertiary/aromatic N) is 2. The van der Waals surface area contributed by atoms with Gasteiger partial charge in [0.1, 0.15) is 5.76 Å². The number of carbonyl (C=O) groups excluding carboxylic acids is 1. The van der Waals surface area contributed by atoms with E-state index in [4.69, 9.17) is 4.98 Å². The molecule has 0 aliphatic carbocycles. The summed E-state index contributed by atoms with van der Waals surface area (Å²) >= 11 is 0. The van der Waals surface area contributed by atoms with Gasteiger partial charge in [0.25, 0.3) is 0 Å². The average molecular weight is 1010 g/mol. The number of aliphatic hydroxyl groups is 1. The summed E-state index contributed by atoms with van der Waals surface area (Å²) in [6.07, 6.45) is 3.23. The summed E-state index contributed by atoms with van der Waals surface area (Å²) in [6.45, 7) is 15.9. The number of hydrogen-bond donors (Lipinski definition) is 1. The molecule has 0 spiro atoms. The van der Waals surface area contributed by atoms with Crippen molar-refractivity contribution in [1.82, 2.24) is 9.55 Å². The number of aromatic nitrogens is 2. The van der Waals surface area contributed by atoms with E-state index in [-0.39, 0.29) is 42.5 Å². The van der Waals surface area contributed by atoms with Gasteiger partial charge in [-0.15, -0.1) is 35.4 Å². The Morgan fingerprint density at radius 3 is 1.89 bits per heavy atom. The van der Waals surface area contributed by atoms with Gasteiger partial charge in [0, 0.05) is 59.4 Å². The predicted molar refractivity (Wildman–Crippen MR) is 263 cm³/mol. The van der Waals surface area contributed by atoms with Gasteiger partial charge in [0.15, 0.2) is 5.78 Å². The first kappa shape index (κ1) is 44.2. The summed E-state index contributed by atoms with van der Waals surface area (Å²) in [6, 6.07) is 60.8. The maximum atomic E-state index is 11.5. The van der Waals surface area contributed by atoms with Gasteiger partial charge in [-0.25, -0.2) is 0 Å². The number of benzene rings is 7. The summed E-state index contributed by atoms with van der Waals surface area (Å²) in [5, 5.41) is 14.5. The van der Waals surface area contributed by atoms with Crippen molar-refractivity contribution in [2.24, 2.45) is 10.8 Å². The Labute approximate surface area is 390 Å². The standard InChI is InChI=1S/C48H33N2.C11H20O2.Ir/c1-48(2)42-29-36(34-17-11-18-37(26-34)46-39-19-10-9-16-33(39)24-25-49-46)21-23-45(42)50-44-22-20-35(31-12-5-3-6-13-31)27-40(44)41-28-38(30-43(48)47(41)50)32-14-7-4-8-15-32;1-10(2,3)8(12)7-9(13)11(4,5)6;/h3-17,19-30H,1-2H3;7,12H,1-6H3;/q-1;;. The van der Waals surface area contributed by atoms with Crippen LogP contribution in [0.4, 0.5) is 0 Å². The minimum atomic E-state index is -0.417. The van der Waals surface area contributed by atoms with E-state index in [1.165, 1.54) is 77.9 Å². The summed E-state index contributed by atoms with van der Waals surface area (Å²) < 4.78 is 2.51. The molecule has 0 atom stereocenters. The summed E-state index contributed by atoms with van der Waals surface area (Å²) in [5.74, 6) is 0.104. The number of aliphatic hydroxyl groups excluding tert-OH is 1. The zero-order chi connectivity index (χ0) is 44.3. The Morgan fingerprint density at radius 2 is 1.20 bits per heavy atom. The summed E-state index contributed by atoms with van der Waals surface area (Å²) in [5.41, 5.74) is 14.7. The van der Waals surface area contributed by atoms with Crippen molar-refractivity contribution in [3.63, 3.8) is 0 Å². The molecule has 9 aromatic rings. The molecule has 321 valence electrons. The van der Waals surface area contributed by atoms with Crippen LogP contribution in [0, 0.1) is 16.9 Å². The van der Waals surface area contributed by atoms with Crippen LogP contribution in [-0.4, -0.2) is 20.4 Å². The molecule has 0 amide bonds. The van der Waals surface area contributed by atoms with E-state index in [0.717, 1.165) is 22.2 Å². The van der Waals surface area contributed by atoms with Gasteiger partial charge in [-0.3, -0.25) is 4.79 Å². The molecule has 0 saturated heterocycles. The molecule has 0 saturated carbocycles. The van der Waals surface area contributed by atoms with Gasteiger partial charge in [0.05, 0.1) is 16.7 Å². The van der Waals surface area contributed by atoms with Crippen molar-refractivity contribution in [1.29, 1.82) is 0 Å². The van der Waals surface area contributed by atoms with E-state index >= 15 is 0 Å². The van der Waals surface area contributed by atoms with Gasteiger partial charge in [0.2, 0.25) is 0 Å². The third kappa shape index (κ3) is 8.15. The van der Waals surface area contributed by atoms with Crippen LogP contribution in [0.1, 0.15) is 66.5 Å². The zero-order valence-corrected chi connectivity index (χ0v) is 40.1. The summed E-state index contributed by atoms with van der Waals surface area (Å²) in [7, 11) is 0. The molecule has 5 heteroatoms. The molecule has 7 aromatic carbocycles. The van der Waals surface area contributed by atoms with Crippen LogP contribution in [0.15, 0.2) is 176 Å². The van der Waals surface area contributed by atoms with Crippen LogP contribution in [0.25, 0.3) is 82.9 Å². The normalized spacial score (nSPS) is 13.2. The first-order chi connectivity index (χ1) is 30.1. The van der Waals surface area contributed by atoms with E-state index in [0.29, 0.717) is 0 Å². The van der Waals surface area contributed by atoms with Gasteiger partial charge in [-0.2, -0.15) is 0 Å². The van der Waals surface area contributed by atoms with E-state index in [1.807, 2.05) is 53.8 Å². The second-order valence-electron chi connectivity index (χ2n) is 19.3. The third-order valence-corrected chi connectivity index (χ3v) is 12.5. The Hall–Kier alpha value is -6.39. The number of allylic oxidation sites excluding steroid dienone is 2. The van der Waals surface area contributed by atoms with E-state index in [2.05, 4.69) is 176 Å². The second-order valence-corrected chi connectivity index (χ2v) is 19.3. The number of rotatable bonds is 5. The Morgan fingerprint density at radius 1 is 0.609 bits per heavy atom. The molecule has 0 bridgehead atoms. The smallest absolute Gasteiger partial charge is 0.164 e. The van der Waals surface area contributed by atoms with Crippen LogP contribution in [0.3, 0.4) is 0 Å². The monoisotopic (exact) mass is 1010 g/mol. The molecular weight excluding hydrogens is 961 g/mol. The number of fused-ring (bicyclic) bond motifs is 6. The van der Waals surface area contributed by atoms with Gasteiger partial charge in [-0.05, 0) is 97.9 Å². The molecular formula is C59H53IrN2O2-. The third-order valence-electron chi connectivity index (χ3n) is 12.5. The van der Waals surface area contributed by atoms with Crippen molar-refractivity contribution in [2.75, 3.05) is 0 Å². The maximum Gasteiger partial charge on any atom is 0.164 e. The van der Waals surface area contributed by atoms with Crippen LogP contribution in [0.2, 0.25) is 0 Å². The average Bonchev–Trinajstić information content (AvgIpc) is 3.61. The van der Waals surface area contributed by atoms with E-state index in [1.54, 1.807) is 0 Å². The minimum Gasteiger partial charge on any atom is -0.512 e. The fourth-order valence-corrected chi connectivity index (χ4v) is 8.71. The van der Waals surface area contributed by atoms with Crippen LogP contribution in [0.5, 0.6) is 0 Å². The van der Waals surface area contributed by atoms with Crippen LogP contribution >= 0.6 is 0 Å². The van der Waals surface area contributed by atoms with Crippen molar-refractivity contribution in [3.05, 3.63) is 193 Å². The van der Waals surface area contributed by atoms with E-state index in [9.17, 15) is 9.90 Å². The van der Waals surface area contributed by atoms with Crippen molar-refractivity contribution in [2.45, 2.75) is 60.8 Å². The topological polar surface area (TPSA) is 55.1 Å². The van der Waals surface area contributed by atoms with Crippen molar-refractivity contribution >= 4 is 38.4 Å². The second kappa shape index (κ2) is 17.0. The number of carbonyl (C=O) groups is 1. The molecule has 1 aliphatic rings. The minimum absolute atomic E-state index is 0. The summed E-state index contributed by atoms with van der Waals surface area (Å²) in [4.78, 5) is 16.3. The van der Waals surface area contributed by atoms with Crippen LogP contribution in [-0.2, 0) is 30.3 Å². The molecule has 64 heavy (non-hydrogen) atoms.